The average molecular weight is 243 g/mol. The summed E-state index contributed by atoms with van der Waals surface area (Å²) >= 11 is 11.0. The minimum atomic E-state index is 0.145. The largest absolute Gasteiger partial charge is 0.508 e. The molecule has 80 valence electrons. The first-order valence-corrected chi connectivity index (χ1v) is 5.50. The van der Waals surface area contributed by atoms with Gasteiger partial charge in [0, 0.05) is 12.1 Å². The highest BCUT2D eigenvalue weighted by Gasteiger charge is 2.21. The molecule has 0 heterocycles. The summed E-state index contributed by atoms with van der Waals surface area (Å²) in [6.07, 6.45) is 2.34. The van der Waals surface area contributed by atoms with Crippen molar-refractivity contribution in [3.63, 3.8) is 0 Å². The summed E-state index contributed by atoms with van der Waals surface area (Å²) in [6.45, 7) is 0. The second-order valence-corrected chi connectivity index (χ2v) is 4.35. The van der Waals surface area contributed by atoms with Gasteiger partial charge in [0.2, 0.25) is 0 Å². The number of rotatable bonds is 2. The first-order chi connectivity index (χ1) is 7.15. The maximum Gasteiger partial charge on any atom is 0.171 e. The van der Waals surface area contributed by atoms with Crippen LogP contribution in [0.1, 0.15) is 12.8 Å². The van der Waals surface area contributed by atoms with Gasteiger partial charge in [0.1, 0.15) is 5.75 Å². The van der Waals surface area contributed by atoms with Crippen LogP contribution in [0, 0.1) is 0 Å². The molecule has 1 saturated carbocycles. The molecule has 0 spiro atoms. The molecule has 0 atom stereocenters. The number of hydrogen-bond donors (Lipinski definition) is 3. The lowest BCUT2D eigenvalue weighted by Crippen LogP contribution is -2.30. The maximum absolute atomic E-state index is 9.17. The summed E-state index contributed by atoms with van der Waals surface area (Å²) in [4.78, 5) is 0. The number of phenolic OH excluding ortho intramolecular Hbond substituents is 1. The standard InChI is InChI=1S/C10H11ClN2OS/c11-8-5-7(14)3-4-9(8)13-10(15)12-6-1-2-6/h3-6,14H,1-2H2,(H2,12,13,15). The third kappa shape index (κ3) is 2.97. The van der Waals surface area contributed by atoms with Gasteiger partial charge in [-0.3, -0.25) is 0 Å². The molecule has 1 aromatic rings. The van der Waals surface area contributed by atoms with Gasteiger partial charge in [0.25, 0.3) is 0 Å². The molecule has 1 aliphatic rings. The molecule has 0 bridgehead atoms. The van der Waals surface area contributed by atoms with Gasteiger partial charge in [-0.05, 0) is 37.2 Å². The molecule has 0 aromatic heterocycles. The van der Waals surface area contributed by atoms with Crippen molar-refractivity contribution in [2.75, 3.05) is 5.32 Å². The van der Waals surface area contributed by atoms with Crippen LogP contribution in [0.25, 0.3) is 0 Å². The number of benzene rings is 1. The van der Waals surface area contributed by atoms with Crippen molar-refractivity contribution in [2.24, 2.45) is 0 Å². The maximum atomic E-state index is 9.17. The van der Waals surface area contributed by atoms with E-state index in [4.69, 9.17) is 28.9 Å². The number of aromatic hydroxyl groups is 1. The van der Waals surface area contributed by atoms with Gasteiger partial charge in [0.15, 0.2) is 5.11 Å². The average Bonchev–Trinajstić information content (AvgIpc) is 2.94. The number of nitrogens with one attached hydrogen (secondary N) is 2. The minimum absolute atomic E-state index is 0.145. The van der Waals surface area contributed by atoms with Gasteiger partial charge in [-0.1, -0.05) is 11.6 Å². The molecule has 1 fully saturated rings. The molecular formula is C10H11ClN2OS. The Morgan fingerprint density at radius 2 is 2.20 bits per heavy atom. The van der Waals surface area contributed by atoms with Gasteiger partial charge in [-0.2, -0.15) is 0 Å². The molecule has 0 amide bonds. The normalized spacial score (nSPS) is 14.7. The predicted octanol–water partition coefficient (Wildman–Crippen LogP) is 2.49. The van der Waals surface area contributed by atoms with E-state index in [-0.39, 0.29) is 5.75 Å². The lowest BCUT2D eigenvalue weighted by atomic mass is 10.3. The molecule has 0 radical (unpaired) electrons. The van der Waals surface area contributed by atoms with Crippen molar-refractivity contribution >= 4 is 34.6 Å². The van der Waals surface area contributed by atoms with Crippen LogP contribution >= 0.6 is 23.8 Å². The molecule has 1 aliphatic carbocycles. The van der Waals surface area contributed by atoms with Crippen molar-refractivity contribution in [1.82, 2.24) is 5.32 Å². The second kappa shape index (κ2) is 4.24. The van der Waals surface area contributed by atoms with E-state index in [2.05, 4.69) is 10.6 Å². The van der Waals surface area contributed by atoms with Crippen LogP contribution in [0.3, 0.4) is 0 Å². The molecule has 2 rings (SSSR count). The highest BCUT2D eigenvalue weighted by atomic mass is 35.5. The topological polar surface area (TPSA) is 44.3 Å². The molecule has 0 aliphatic heterocycles. The van der Waals surface area contributed by atoms with Crippen LogP contribution in [0.15, 0.2) is 18.2 Å². The highest BCUT2D eigenvalue weighted by Crippen LogP contribution is 2.26. The summed E-state index contributed by atoms with van der Waals surface area (Å²) in [5, 5.41) is 16.3. The molecular weight excluding hydrogens is 232 g/mol. The van der Waals surface area contributed by atoms with Gasteiger partial charge < -0.3 is 15.7 Å². The summed E-state index contributed by atoms with van der Waals surface area (Å²) < 4.78 is 0. The van der Waals surface area contributed by atoms with Crippen LogP contribution in [0.2, 0.25) is 5.02 Å². The fraction of sp³-hybridized carbons (Fsp3) is 0.300. The molecule has 1 aromatic carbocycles. The fourth-order valence-corrected chi connectivity index (χ4v) is 1.68. The highest BCUT2D eigenvalue weighted by molar-refractivity contribution is 7.80. The molecule has 0 saturated heterocycles. The number of thiocarbonyl (C=S) groups is 1. The SMILES string of the molecule is Oc1ccc(NC(=S)NC2CC2)c(Cl)c1. The van der Waals surface area contributed by atoms with E-state index in [0.717, 1.165) is 0 Å². The van der Waals surface area contributed by atoms with Crippen molar-refractivity contribution in [1.29, 1.82) is 0 Å². The lowest BCUT2D eigenvalue weighted by molar-refractivity contribution is 0.475. The third-order valence-electron chi connectivity index (χ3n) is 2.11. The van der Waals surface area contributed by atoms with E-state index in [1.807, 2.05) is 0 Å². The first-order valence-electron chi connectivity index (χ1n) is 4.71. The van der Waals surface area contributed by atoms with Crippen LogP contribution in [-0.4, -0.2) is 16.3 Å². The zero-order chi connectivity index (χ0) is 10.8. The Morgan fingerprint density at radius 3 is 2.80 bits per heavy atom. The molecule has 5 heteroatoms. The number of halogens is 1. The fourth-order valence-electron chi connectivity index (χ4n) is 1.18. The number of anilines is 1. The molecule has 3 nitrogen and oxygen atoms in total. The number of phenols is 1. The van der Waals surface area contributed by atoms with Crippen LogP contribution < -0.4 is 10.6 Å². The Morgan fingerprint density at radius 1 is 1.47 bits per heavy atom. The Bertz CT molecular complexity index is 393. The zero-order valence-corrected chi connectivity index (χ0v) is 9.53. The third-order valence-corrected chi connectivity index (χ3v) is 2.65. The van der Waals surface area contributed by atoms with E-state index in [0.29, 0.717) is 21.9 Å². The van der Waals surface area contributed by atoms with E-state index in [9.17, 15) is 0 Å². The van der Waals surface area contributed by atoms with Crippen LogP contribution in [-0.2, 0) is 0 Å². The van der Waals surface area contributed by atoms with Crippen LogP contribution in [0.4, 0.5) is 5.69 Å². The van der Waals surface area contributed by atoms with Gasteiger partial charge in [0.05, 0.1) is 10.7 Å². The van der Waals surface area contributed by atoms with E-state index in [1.54, 1.807) is 12.1 Å². The monoisotopic (exact) mass is 242 g/mol. The Labute approximate surface area is 98.4 Å². The Hall–Kier alpha value is -1.00. The summed E-state index contributed by atoms with van der Waals surface area (Å²) in [7, 11) is 0. The van der Waals surface area contributed by atoms with Crippen molar-refractivity contribution in [2.45, 2.75) is 18.9 Å². The molecule has 15 heavy (non-hydrogen) atoms. The smallest absolute Gasteiger partial charge is 0.171 e. The Kier molecular flexibility index (Phi) is 2.98. The lowest BCUT2D eigenvalue weighted by Gasteiger charge is -2.10. The first kappa shape index (κ1) is 10.5. The molecule has 0 unspecified atom stereocenters. The quantitative estimate of drug-likeness (QED) is 0.551. The minimum Gasteiger partial charge on any atom is -0.508 e. The predicted molar refractivity (Wildman–Crippen MR) is 65.5 cm³/mol. The van der Waals surface area contributed by atoms with E-state index in [1.165, 1.54) is 18.9 Å². The van der Waals surface area contributed by atoms with E-state index < -0.39 is 0 Å². The van der Waals surface area contributed by atoms with Gasteiger partial charge in [-0.25, -0.2) is 0 Å². The van der Waals surface area contributed by atoms with Gasteiger partial charge >= 0.3 is 0 Å². The van der Waals surface area contributed by atoms with Crippen molar-refractivity contribution in [3.8, 4) is 5.75 Å². The summed E-state index contributed by atoms with van der Waals surface area (Å²) in [5.74, 6) is 0.145. The van der Waals surface area contributed by atoms with Crippen molar-refractivity contribution < 1.29 is 5.11 Å². The second-order valence-electron chi connectivity index (χ2n) is 3.54. The van der Waals surface area contributed by atoms with Gasteiger partial charge in [-0.15, -0.1) is 0 Å². The zero-order valence-electron chi connectivity index (χ0n) is 7.96. The summed E-state index contributed by atoms with van der Waals surface area (Å²) in [5.41, 5.74) is 0.701. The Balaban J connectivity index is 1.99. The van der Waals surface area contributed by atoms with E-state index >= 15 is 0 Å². The number of hydrogen-bond acceptors (Lipinski definition) is 2. The van der Waals surface area contributed by atoms with Crippen molar-refractivity contribution in [3.05, 3.63) is 23.2 Å². The summed E-state index contributed by atoms with van der Waals surface area (Å²) in [6, 6.07) is 5.25. The molecule has 3 N–H and O–H groups in total. The van der Waals surface area contributed by atoms with Crippen LogP contribution in [0.5, 0.6) is 5.75 Å².